The molecule has 0 aliphatic heterocycles. The van der Waals surface area contributed by atoms with Crippen molar-refractivity contribution in [3.05, 3.63) is 29.8 Å². The molecule has 92 valence electrons. The summed E-state index contributed by atoms with van der Waals surface area (Å²) in [5.41, 5.74) is 1.34. The van der Waals surface area contributed by atoms with Crippen LogP contribution in [0.3, 0.4) is 0 Å². The van der Waals surface area contributed by atoms with Crippen LogP contribution in [0.2, 0.25) is 0 Å². The van der Waals surface area contributed by atoms with Gasteiger partial charge in [0, 0.05) is 0 Å². The van der Waals surface area contributed by atoms with Crippen LogP contribution in [0.25, 0.3) is 0 Å². The van der Waals surface area contributed by atoms with E-state index in [9.17, 15) is 0 Å². The Kier molecular flexibility index (Phi) is 12.9. The van der Waals surface area contributed by atoms with Crippen molar-refractivity contribution < 1.29 is 5.11 Å². The van der Waals surface area contributed by atoms with Gasteiger partial charge in [0.25, 0.3) is 0 Å². The zero-order chi connectivity index (χ0) is 11.6. The monoisotopic (exact) mass is 354 g/mol. The zero-order valence-electron chi connectivity index (χ0n) is 10.4. The van der Waals surface area contributed by atoms with Crippen molar-refractivity contribution in [2.45, 2.75) is 58.3 Å². The Morgan fingerprint density at radius 2 is 1.35 bits per heavy atom. The fourth-order valence-electron chi connectivity index (χ4n) is 1.95. The average molecular weight is 354 g/mol. The molecule has 0 aliphatic rings. The van der Waals surface area contributed by atoms with Gasteiger partial charge in [0.1, 0.15) is 5.75 Å². The Labute approximate surface area is 165 Å². The van der Waals surface area contributed by atoms with Crippen LogP contribution >= 0.6 is 0 Å². The van der Waals surface area contributed by atoms with E-state index in [1.165, 1.54) is 50.5 Å². The molecule has 2 heteroatoms. The quantitative estimate of drug-likeness (QED) is 0.699. The average Bonchev–Trinajstić information content (AvgIpc) is 2.30. The molecule has 0 fully saturated rings. The minimum absolute atomic E-state index is 0. The predicted octanol–water partition coefficient (Wildman–Crippen LogP) is 4.04. The second kappa shape index (κ2) is 12.1. The Balaban J connectivity index is 0.00000256. The first-order chi connectivity index (χ1) is 7.83. The van der Waals surface area contributed by atoms with E-state index in [2.05, 4.69) is 6.92 Å². The molecule has 0 spiro atoms. The SMILES string of the molecule is CCCCCCCCCc1ccc(O)cc1.[CsH]. The summed E-state index contributed by atoms with van der Waals surface area (Å²) in [5, 5.41) is 9.15. The molecule has 1 rings (SSSR count). The first kappa shape index (κ1) is 18.1. The van der Waals surface area contributed by atoms with Gasteiger partial charge in [-0.15, -0.1) is 0 Å². The topological polar surface area (TPSA) is 20.2 Å². The van der Waals surface area contributed by atoms with Crippen molar-refractivity contribution >= 4 is 68.9 Å². The van der Waals surface area contributed by atoms with E-state index in [0.717, 1.165) is 6.42 Å². The number of benzene rings is 1. The summed E-state index contributed by atoms with van der Waals surface area (Å²) in [6.45, 7) is 2.25. The van der Waals surface area contributed by atoms with Gasteiger partial charge in [0.2, 0.25) is 0 Å². The normalized spacial score (nSPS) is 9.94. The number of hydrogen-bond donors (Lipinski definition) is 1. The van der Waals surface area contributed by atoms with Gasteiger partial charge >= 0.3 is 68.9 Å². The molecule has 0 bridgehead atoms. The second-order valence-electron chi connectivity index (χ2n) is 4.54. The molecule has 0 unspecified atom stereocenters. The summed E-state index contributed by atoms with van der Waals surface area (Å²) in [5.74, 6) is 0.364. The fourth-order valence-corrected chi connectivity index (χ4v) is 1.95. The van der Waals surface area contributed by atoms with Crippen LogP contribution in [-0.2, 0) is 6.42 Å². The molecule has 1 aromatic carbocycles. The standard InChI is InChI=1S/C15H24O.Cs.H/c1-2-3-4-5-6-7-8-9-14-10-12-15(16)13-11-14;;/h10-13,16H,2-9H2,1H3;;. The number of rotatable bonds is 8. The van der Waals surface area contributed by atoms with Crippen LogP contribution in [0.1, 0.15) is 57.4 Å². The summed E-state index contributed by atoms with van der Waals surface area (Å²) in [6.07, 6.45) is 10.6. The molecule has 1 nitrogen and oxygen atoms in total. The summed E-state index contributed by atoms with van der Waals surface area (Å²) < 4.78 is 0. The summed E-state index contributed by atoms with van der Waals surface area (Å²) >= 11 is 0. The van der Waals surface area contributed by atoms with Crippen LogP contribution in [0, 0.1) is 0 Å². The first-order valence-corrected chi connectivity index (χ1v) is 6.61. The molecule has 0 aromatic heterocycles. The molecule has 0 atom stereocenters. The molecular formula is C15H25CsO. The first-order valence-electron chi connectivity index (χ1n) is 6.61. The molecule has 0 heterocycles. The predicted molar refractivity (Wildman–Crippen MR) is 77.0 cm³/mol. The van der Waals surface area contributed by atoms with Gasteiger partial charge in [-0.2, -0.15) is 0 Å². The van der Waals surface area contributed by atoms with E-state index in [-0.39, 0.29) is 68.9 Å². The Morgan fingerprint density at radius 3 is 1.94 bits per heavy atom. The number of unbranched alkanes of at least 4 members (excludes halogenated alkanes) is 6. The summed E-state index contributed by atoms with van der Waals surface area (Å²) in [4.78, 5) is 0. The molecule has 1 aromatic rings. The van der Waals surface area contributed by atoms with E-state index in [1.807, 2.05) is 12.1 Å². The van der Waals surface area contributed by atoms with Crippen LogP contribution < -0.4 is 0 Å². The van der Waals surface area contributed by atoms with Gasteiger partial charge in [-0.3, -0.25) is 0 Å². The molecular weight excluding hydrogens is 329 g/mol. The van der Waals surface area contributed by atoms with Crippen LogP contribution in [0.15, 0.2) is 24.3 Å². The van der Waals surface area contributed by atoms with Gasteiger partial charge in [-0.05, 0) is 30.5 Å². The van der Waals surface area contributed by atoms with Crippen molar-refractivity contribution in [3.8, 4) is 5.75 Å². The molecule has 0 amide bonds. The van der Waals surface area contributed by atoms with Crippen molar-refractivity contribution in [2.24, 2.45) is 0 Å². The van der Waals surface area contributed by atoms with Crippen LogP contribution in [0.5, 0.6) is 5.75 Å². The maximum absolute atomic E-state index is 9.15. The third kappa shape index (κ3) is 9.63. The fraction of sp³-hybridized carbons (Fsp3) is 0.600. The number of phenols is 1. The maximum atomic E-state index is 9.15. The van der Waals surface area contributed by atoms with Crippen molar-refractivity contribution in [2.75, 3.05) is 0 Å². The van der Waals surface area contributed by atoms with Gasteiger partial charge in [0.15, 0.2) is 0 Å². The van der Waals surface area contributed by atoms with Gasteiger partial charge in [0.05, 0.1) is 0 Å². The molecule has 0 saturated carbocycles. The Morgan fingerprint density at radius 1 is 0.824 bits per heavy atom. The number of aromatic hydroxyl groups is 1. The third-order valence-electron chi connectivity index (χ3n) is 3.01. The van der Waals surface area contributed by atoms with Crippen molar-refractivity contribution in [1.82, 2.24) is 0 Å². The molecule has 17 heavy (non-hydrogen) atoms. The molecule has 1 N–H and O–H groups in total. The van der Waals surface area contributed by atoms with Crippen molar-refractivity contribution in [3.63, 3.8) is 0 Å². The molecule has 0 saturated heterocycles. The van der Waals surface area contributed by atoms with Gasteiger partial charge in [-0.25, -0.2) is 0 Å². The molecule has 0 radical (unpaired) electrons. The van der Waals surface area contributed by atoms with E-state index in [0.29, 0.717) is 5.75 Å². The summed E-state index contributed by atoms with van der Waals surface area (Å²) in [6, 6.07) is 7.59. The zero-order valence-corrected chi connectivity index (χ0v) is 10.4. The number of hydrogen-bond acceptors (Lipinski definition) is 1. The van der Waals surface area contributed by atoms with Gasteiger partial charge in [-0.1, -0.05) is 57.6 Å². The van der Waals surface area contributed by atoms with Crippen LogP contribution in [-0.4, -0.2) is 74.0 Å². The third-order valence-corrected chi connectivity index (χ3v) is 3.01. The van der Waals surface area contributed by atoms with E-state index >= 15 is 0 Å². The van der Waals surface area contributed by atoms with E-state index < -0.39 is 0 Å². The number of phenolic OH excluding ortho intramolecular Hbond substituents is 1. The van der Waals surface area contributed by atoms with Crippen LogP contribution in [0.4, 0.5) is 0 Å². The van der Waals surface area contributed by atoms with E-state index in [4.69, 9.17) is 5.11 Å². The summed E-state index contributed by atoms with van der Waals surface area (Å²) in [7, 11) is 0. The van der Waals surface area contributed by atoms with Crippen molar-refractivity contribution in [1.29, 1.82) is 0 Å². The Hall–Kier alpha value is 1.07. The Bertz CT molecular complexity index is 269. The molecule has 0 aliphatic carbocycles. The minimum atomic E-state index is 0. The van der Waals surface area contributed by atoms with E-state index in [1.54, 1.807) is 12.1 Å². The number of aryl methyl sites for hydroxylation is 1. The second-order valence-corrected chi connectivity index (χ2v) is 4.54. The van der Waals surface area contributed by atoms with Gasteiger partial charge < -0.3 is 5.11 Å².